The molecule has 1 N–H and O–H groups in total. The number of nitrogens with one attached hydrogen (secondary N) is 1. The summed E-state index contributed by atoms with van der Waals surface area (Å²) in [6.07, 6.45) is 14.6. The molecular weight excluding hydrogens is 368 g/mol. The molecule has 1 aliphatic rings. The second-order valence-corrected chi connectivity index (χ2v) is 8.03. The van der Waals surface area contributed by atoms with Crippen molar-refractivity contribution in [2.45, 2.75) is 46.0 Å². The third-order valence-electron chi connectivity index (χ3n) is 5.91. The molecule has 3 heterocycles. The van der Waals surface area contributed by atoms with E-state index in [-0.39, 0.29) is 0 Å². The van der Waals surface area contributed by atoms with E-state index < -0.39 is 0 Å². The number of H-pyrrole nitrogens is 1. The van der Waals surface area contributed by atoms with Crippen molar-refractivity contribution in [3.63, 3.8) is 0 Å². The smallest absolute Gasteiger partial charge is 0.142 e. The highest BCUT2D eigenvalue weighted by Crippen LogP contribution is 2.15. The molecule has 1 saturated heterocycles. The lowest BCUT2D eigenvalue weighted by atomic mass is 10.1. The molecule has 0 saturated carbocycles. The molecule has 0 amide bonds. The van der Waals surface area contributed by atoms with Gasteiger partial charge in [0.2, 0.25) is 0 Å². The quantitative estimate of drug-likeness (QED) is 0.679. The van der Waals surface area contributed by atoms with E-state index in [0.29, 0.717) is 0 Å². The van der Waals surface area contributed by atoms with E-state index >= 15 is 0 Å². The first-order valence-corrected chi connectivity index (χ1v) is 11.2. The molecule has 3 aromatic rings. The minimum absolute atomic E-state index is 0.737. The number of piperidine rings is 1. The number of likely N-dealkylation sites (tertiary alicyclic amines) is 1. The van der Waals surface area contributed by atoms with Crippen molar-refractivity contribution in [3.8, 4) is 0 Å². The number of fused-ring (bicyclic) bond motifs is 1. The maximum absolute atomic E-state index is 4.97. The molecule has 0 unspecified atom stereocenters. The number of hydrogen-bond acceptors (Lipinski definition) is 3. The third-order valence-corrected chi connectivity index (χ3v) is 5.91. The number of benzene rings is 1. The first kappa shape index (κ1) is 20.5. The van der Waals surface area contributed by atoms with E-state index in [9.17, 15) is 0 Å². The molecular formula is C26H32N4. The summed E-state index contributed by atoms with van der Waals surface area (Å²) in [6.45, 7) is 7.77. The summed E-state index contributed by atoms with van der Waals surface area (Å²) in [6, 6.07) is 10.4. The molecule has 0 spiro atoms. The largest absolute Gasteiger partial charge is 0.339 e. The van der Waals surface area contributed by atoms with Crippen LogP contribution >= 0.6 is 0 Å². The Kier molecular flexibility index (Phi) is 6.75. The van der Waals surface area contributed by atoms with Crippen LogP contribution in [0.3, 0.4) is 0 Å². The van der Waals surface area contributed by atoms with Crippen molar-refractivity contribution in [1.82, 2.24) is 19.9 Å². The second-order valence-electron chi connectivity index (χ2n) is 8.03. The topological polar surface area (TPSA) is 44.8 Å². The van der Waals surface area contributed by atoms with E-state index in [2.05, 4.69) is 72.3 Å². The van der Waals surface area contributed by atoms with Gasteiger partial charge >= 0.3 is 0 Å². The lowest BCUT2D eigenvalue weighted by molar-refractivity contribution is 0.233. The van der Waals surface area contributed by atoms with Crippen LogP contribution in [0.5, 0.6) is 0 Å². The van der Waals surface area contributed by atoms with Crippen LogP contribution in [0.15, 0.2) is 36.4 Å². The Labute approximate surface area is 179 Å². The van der Waals surface area contributed by atoms with Gasteiger partial charge < -0.3 is 9.88 Å². The summed E-state index contributed by atoms with van der Waals surface area (Å²) in [7, 11) is 0. The summed E-state index contributed by atoms with van der Waals surface area (Å²) >= 11 is 0. The summed E-state index contributed by atoms with van der Waals surface area (Å²) in [4.78, 5) is 15.9. The van der Waals surface area contributed by atoms with Crippen molar-refractivity contribution >= 4 is 29.3 Å². The third kappa shape index (κ3) is 4.71. The minimum atomic E-state index is 0.737. The zero-order valence-corrected chi connectivity index (χ0v) is 18.2. The molecule has 0 aliphatic carbocycles. The molecule has 4 heteroatoms. The number of rotatable bonds is 6. The van der Waals surface area contributed by atoms with Gasteiger partial charge in [-0.25, -0.2) is 9.97 Å². The van der Waals surface area contributed by atoms with Crippen molar-refractivity contribution < 1.29 is 0 Å². The van der Waals surface area contributed by atoms with Crippen LogP contribution in [0.25, 0.3) is 29.3 Å². The van der Waals surface area contributed by atoms with Crippen LogP contribution in [0.4, 0.5) is 0 Å². The van der Waals surface area contributed by atoms with Crippen LogP contribution in [0.1, 0.15) is 56.6 Å². The van der Waals surface area contributed by atoms with E-state index in [1.807, 2.05) is 6.07 Å². The van der Waals surface area contributed by atoms with Gasteiger partial charge in [-0.1, -0.05) is 55.0 Å². The normalized spacial score (nSPS) is 16.9. The zero-order valence-electron chi connectivity index (χ0n) is 18.2. The van der Waals surface area contributed by atoms with E-state index in [1.165, 1.54) is 43.1 Å². The van der Waals surface area contributed by atoms with Crippen LogP contribution in [0, 0.1) is 0 Å². The maximum atomic E-state index is 4.97. The predicted molar refractivity (Wildman–Crippen MR) is 127 cm³/mol. The Balaban J connectivity index is 1.66. The number of aromatic amines is 1. The summed E-state index contributed by atoms with van der Waals surface area (Å²) in [5.74, 6) is 0.857. The van der Waals surface area contributed by atoms with Gasteiger partial charge in [-0.15, -0.1) is 0 Å². The molecule has 156 valence electrons. The highest BCUT2D eigenvalue weighted by Gasteiger charge is 2.11. The SMILES string of the molecule is CC=c1[nH]c2nc(Cc3ccccc3)nc(C=CCCN3CCCCC3)c2c1=CC. The maximum Gasteiger partial charge on any atom is 0.142 e. The van der Waals surface area contributed by atoms with Gasteiger partial charge in [0.05, 0.1) is 11.1 Å². The number of nitrogens with zero attached hydrogens (tertiary/aromatic N) is 3. The molecule has 4 rings (SSSR count). The van der Waals surface area contributed by atoms with Crippen LogP contribution in [-0.4, -0.2) is 39.5 Å². The molecule has 4 nitrogen and oxygen atoms in total. The fraction of sp³-hybridized carbons (Fsp3) is 0.385. The van der Waals surface area contributed by atoms with Gasteiger partial charge in [0.1, 0.15) is 11.5 Å². The van der Waals surface area contributed by atoms with Gasteiger partial charge in [-0.3, -0.25) is 0 Å². The summed E-state index contributed by atoms with van der Waals surface area (Å²) in [5.41, 5.74) is 3.17. The molecule has 0 radical (unpaired) electrons. The van der Waals surface area contributed by atoms with Crippen LogP contribution in [-0.2, 0) is 6.42 Å². The monoisotopic (exact) mass is 400 g/mol. The molecule has 1 fully saturated rings. The average Bonchev–Trinajstić information content (AvgIpc) is 3.16. The van der Waals surface area contributed by atoms with E-state index in [4.69, 9.17) is 9.97 Å². The summed E-state index contributed by atoms with van der Waals surface area (Å²) in [5, 5.41) is 3.42. The molecule has 0 bridgehead atoms. The first-order chi connectivity index (χ1) is 14.8. The molecule has 2 aromatic heterocycles. The van der Waals surface area contributed by atoms with Crippen LogP contribution in [0.2, 0.25) is 0 Å². The van der Waals surface area contributed by atoms with E-state index in [1.54, 1.807) is 0 Å². The zero-order chi connectivity index (χ0) is 20.8. The van der Waals surface area contributed by atoms with Crippen molar-refractivity contribution in [1.29, 1.82) is 0 Å². The Hall–Kier alpha value is -2.72. The van der Waals surface area contributed by atoms with Crippen LogP contribution < -0.4 is 10.6 Å². The average molecular weight is 401 g/mol. The Bertz CT molecular complexity index is 1120. The Morgan fingerprint density at radius 1 is 1.00 bits per heavy atom. The molecule has 30 heavy (non-hydrogen) atoms. The first-order valence-electron chi connectivity index (χ1n) is 11.2. The van der Waals surface area contributed by atoms with Crippen molar-refractivity contribution in [2.24, 2.45) is 0 Å². The Morgan fingerprint density at radius 3 is 2.53 bits per heavy atom. The van der Waals surface area contributed by atoms with E-state index in [0.717, 1.165) is 47.3 Å². The van der Waals surface area contributed by atoms with Gasteiger partial charge in [0.15, 0.2) is 0 Å². The number of aromatic nitrogens is 3. The lowest BCUT2D eigenvalue weighted by Crippen LogP contribution is -2.30. The van der Waals surface area contributed by atoms with Gasteiger partial charge in [0.25, 0.3) is 0 Å². The summed E-state index contributed by atoms with van der Waals surface area (Å²) < 4.78 is 0. The van der Waals surface area contributed by atoms with Gasteiger partial charge in [-0.2, -0.15) is 0 Å². The fourth-order valence-corrected chi connectivity index (χ4v) is 4.35. The Morgan fingerprint density at radius 2 is 1.80 bits per heavy atom. The van der Waals surface area contributed by atoms with Crippen molar-refractivity contribution in [3.05, 3.63) is 64.1 Å². The standard InChI is InChI=1S/C26H32N4/c1-3-21-22(4-2)28-26-25(21)23(15-9-12-18-30-16-10-6-11-17-30)27-24(29-26)19-20-13-7-5-8-14-20/h3-5,7-9,13-15H,6,10-12,16-19H2,1-2H3,(H,27,28,29). The van der Waals surface area contributed by atoms with Crippen molar-refractivity contribution in [2.75, 3.05) is 19.6 Å². The molecule has 0 atom stereocenters. The highest BCUT2D eigenvalue weighted by molar-refractivity contribution is 5.85. The van der Waals surface area contributed by atoms with Gasteiger partial charge in [0, 0.05) is 23.5 Å². The van der Waals surface area contributed by atoms with Gasteiger partial charge in [-0.05, 0) is 57.8 Å². The molecule has 1 aliphatic heterocycles. The minimum Gasteiger partial charge on any atom is -0.339 e. The predicted octanol–water partition coefficient (Wildman–Crippen LogP) is 4.04. The second kappa shape index (κ2) is 9.86. The molecule has 1 aromatic carbocycles. The lowest BCUT2D eigenvalue weighted by Gasteiger charge is -2.25. The fourth-order valence-electron chi connectivity index (χ4n) is 4.35. The highest BCUT2D eigenvalue weighted by atomic mass is 15.1. The number of hydrogen-bond donors (Lipinski definition) is 1.